The normalized spacial score (nSPS) is 13.6. The van der Waals surface area contributed by atoms with Crippen molar-refractivity contribution in [3.05, 3.63) is 46.5 Å². The highest BCUT2D eigenvalue weighted by Crippen LogP contribution is 2.23. The van der Waals surface area contributed by atoms with Gasteiger partial charge in [0.25, 0.3) is 11.5 Å². The van der Waals surface area contributed by atoms with E-state index in [9.17, 15) is 18.0 Å². The van der Waals surface area contributed by atoms with Crippen LogP contribution in [0.15, 0.2) is 35.3 Å². The zero-order chi connectivity index (χ0) is 20.4. The Labute approximate surface area is 156 Å². The van der Waals surface area contributed by atoms with Crippen LogP contribution in [0.4, 0.5) is 0 Å². The van der Waals surface area contributed by atoms with Crippen LogP contribution in [0.1, 0.15) is 19.0 Å². The minimum absolute atomic E-state index is 0.0350. The van der Waals surface area contributed by atoms with E-state index in [2.05, 4.69) is 0 Å². The molecular formula is C17H20N4O5S. The fourth-order valence-corrected chi connectivity index (χ4v) is 3.53. The topological polar surface area (TPSA) is 134 Å². The van der Waals surface area contributed by atoms with E-state index in [1.807, 2.05) is 6.07 Å². The minimum Gasteiger partial charge on any atom is -0.335 e. The lowest BCUT2D eigenvalue weighted by Crippen LogP contribution is -2.49. The molecule has 2 heterocycles. The smallest absolute Gasteiger partial charge is 0.264 e. The molecule has 0 saturated heterocycles. The maximum atomic E-state index is 12.4. The van der Waals surface area contributed by atoms with Crippen molar-refractivity contribution in [2.75, 3.05) is 6.26 Å². The van der Waals surface area contributed by atoms with Gasteiger partial charge in [0.05, 0.1) is 0 Å². The monoisotopic (exact) mass is 392 g/mol. The van der Waals surface area contributed by atoms with Crippen molar-refractivity contribution in [2.24, 2.45) is 7.05 Å². The Balaban J connectivity index is 2.31. The molecule has 27 heavy (non-hydrogen) atoms. The number of carbonyl (C=O) groups is 1. The molecule has 0 saturated carbocycles. The summed E-state index contributed by atoms with van der Waals surface area (Å²) < 4.78 is 25.0. The van der Waals surface area contributed by atoms with E-state index in [4.69, 9.17) is 10.5 Å². The number of hydrogen-bond donors (Lipinski definition) is 2. The average molecular weight is 392 g/mol. The number of pyridine rings is 1. The van der Waals surface area contributed by atoms with E-state index in [0.717, 1.165) is 6.26 Å². The molecule has 1 amide bonds. The Bertz CT molecular complexity index is 1080. The van der Waals surface area contributed by atoms with Gasteiger partial charge in [-0.1, -0.05) is 0 Å². The molecule has 144 valence electrons. The van der Waals surface area contributed by atoms with Crippen molar-refractivity contribution >= 4 is 15.7 Å². The molecule has 10 heteroatoms. The molecule has 2 N–H and O–H groups in total. The van der Waals surface area contributed by atoms with Crippen LogP contribution in [0, 0.1) is 11.3 Å². The van der Waals surface area contributed by atoms with Crippen molar-refractivity contribution in [1.29, 1.82) is 5.26 Å². The van der Waals surface area contributed by atoms with Gasteiger partial charge in [0, 0.05) is 43.4 Å². The molecule has 0 aliphatic heterocycles. The van der Waals surface area contributed by atoms with Gasteiger partial charge in [-0.3, -0.25) is 14.8 Å². The first-order valence-electron chi connectivity index (χ1n) is 7.96. The van der Waals surface area contributed by atoms with E-state index in [0.29, 0.717) is 17.0 Å². The molecule has 0 bridgehead atoms. The minimum atomic E-state index is -3.84. The summed E-state index contributed by atoms with van der Waals surface area (Å²) in [6.45, 7) is 1.16. The molecule has 2 aromatic rings. The molecule has 1 unspecified atom stereocenters. The van der Waals surface area contributed by atoms with Gasteiger partial charge in [0.1, 0.15) is 11.8 Å². The van der Waals surface area contributed by atoms with Gasteiger partial charge in [-0.05, 0) is 31.5 Å². The second-order valence-electron chi connectivity index (χ2n) is 6.42. The Morgan fingerprint density at radius 2 is 2.04 bits per heavy atom. The molecular weight excluding hydrogens is 372 g/mol. The predicted molar refractivity (Wildman–Crippen MR) is 97.6 cm³/mol. The summed E-state index contributed by atoms with van der Waals surface area (Å²) in [5, 5.41) is 17.9. The third kappa shape index (κ3) is 3.79. The summed E-state index contributed by atoms with van der Waals surface area (Å²) in [5.74, 6) is -1.05. The van der Waals surface area contributed by atoms with Crippen molar-refractivity contribution in [3.8, 4) is 17.3 Å². The molecule has 0 aromatic carbocycles. The summed E-state index contributed by atoms with van der Waals surface area (Å²) in [6, 6.07) is 8.46. The van der Waals surface area contributed by atoms with Crippen molar-refractivity contribution in [2.45, 2.75) is 24.6 Å². The first-order valence-corrected chi connectivity index (χ1v) is 9.85. The molecule has 0 aliphatic carbocycles. The quantitative estimate of drug-likeness (QED) is 0.541. The van der Waals surface area contributed by atoms with Gasteiger partial charge in [0.15, 0.2) is 14.6 Å². The molecule has 2 aromatic heterocycles. The Morgan fingerprint density at radius 3 is 2.52 bits per heavy atom. The van der Waals surface area contributed by atoms with Crippen LogP contribution in [-0.2, 0) is 28.2 Å². The lowest BCUT2D eigenvalue weighted by molar-refractivity contribution is -0.131. The van der Waals surface area contributed by atoms with Gasteiger partial charge in [-0.15, -0.1) is 0 Å². The van der Waals surface area contributed by atoms with Crippen LogP contribution in [0.25, 0.3) is 11.3 Å². The zero-order valence-corrected chi connectivity index (χ0v) is 15.9. The standard InChI is InChI=1S/C17H20N4O5S/c1-17(16(23)19-24,27(3,25)26)7-9-21-8-6-12(10-15(21)22)14-5-4-13(11-18)20(14)2/h4-6,8,10,24H,7,9H2,1-3H3,(H,19,23). The molecule has 0 aliphatic rings. The van der Waals surface area contributed by atoms with Gasteiger partial charge < -0.3 is 9.13 Å². The Hall–Kier alpha value is -2.90. The molecule has 2 rings (SSSR count). The van der Waals surface area contributed by atoms with Gasteiger partial charge in [0.2, 0.25) is 0 Å². The number of aromatic nitrogens is 2. The van der Waals surface area contributed by atoms with Gasteiger partial charge in [-0.2, -0.15) is 5.26 Å². The molecule has 0 radical (unpaired) electrons. The second-order valence-corrected chi connectivity index (χ2v) is 8.86. The number of rotatable bonds is 6. The largest absolute Gasteiger partial charge is 0.335 e. The van der Waals surface area contributed by atoms with Crippen LogP contribution < -0.4 is 11.0 Å². The van der Waals surface area contributed by atoms with E-state index in [-0.39, 0.29) is 18.5 Å². The van der Waals surface area contributed by atoms with Crippen molar-refractivity contribution in [1.82, 2.24) is 14.6 Å². The fraction of sp³-hybridized carbons (Fsp3) is 0.353. The molecule has 0 fully saturated rings. The number of nitrogens with one attached hydrogen (secondary N) is 1. The number of carbonyl (C=O) groups excluding carboxylic acids is 1. The highest BCUT2D eigenvalue weighted by atomic mass is 32.2. The van der Waals surface area contributed by atoms with Crippen molar-refractivity contribution in [3.63, 3.8) is 0 Å². The van der Waals surface area contributed by atoms with E-state index in [1.54, 1.807) is 29.8 Å². The second kappa shape index (κ2) is 7.38. The number of hydrogen-bond acceptors (Lipinski definition) is 6. The number of nitriles is 1. The van der Waals surface area contributed by atoms with Crippen molar-refractivity contribution < 1.29 is 18.4 Å². The summed E-state index contributed by atoms with van der Waals surface area (Å²) in [7, 11) is -2.12. The summed E-state index contributed by atoms with van der Waals surface area (Å²) >= 11 is 0. The third-order valence-corrected chi connectivity index (χ3v) is 6.78. The lowest BCUT2D eigenvalue weighted by atomic mass is 10.1. The number of amides is 1. The van der Waals surface area contributed by atoms with Crippen LogP contribution in [-0.4, -0.2) is 39.7 Å². The molecule has 1 atom stereocenters. The third-order valence-electron chi connectivity index (χ3n) is 4.76. The van der Waals surface area contributed by atoms with Crippen LogP contribution in [0.2, 0.25) is 0 Å². The number of aryl methyl sites for hydroxylation is 1. The maximum Gasteiger partial charge on any atom is 0.264 e. The lowest BCUT2D eigenvalue weighted by Gasteiger charge is -2.25. The Kier molecular flexibility index (Phi) is 5.58. The highest BCUT2D eigenvalue weighted by Gasteiger charge is 2.43. The summed E-state index contributed by atoms with van der Waals surface area (Å²) in [4.78, 5) is 24.2. The fourth-order valence-electron chi connectivity index (χ4n) is 2.68. The van der Waals surface area contributed by atoms with Gasteiger partial charge >= 0.3 is 0 Å². The van der Waals surface area contributed by atoms with E-state index < -0.39 is 20.5 Å². The zero-order valence-electron chi connectivity index (χ0n) is 15.1. The van der Waals surface area contributed by atoms with Crippen LogP contribution in [0.3, 0.4) is 0 Å². The Morgan fingerprint density at radius 1 is 1.37 bits per heavy atom. The molecule has 0 spiro atoms. The van der Waals surface area contributed by atoms with E-state index >= 15 is 0 Å². The van der Waals surface area contributed by atoms with Crippen LogP contribution >= 0.6 is 0 Å². The summed E-state index contributed by atoms with van der Waals surface area (Å²) in [5.41, 5.74) is 2.74. The summed E-state index contributed by atoms with van der Waals surface area (Å²) in [6.07, 6.45) is 2.20. The predicted octanol–water partition coefficient (Wildman–Crippen LogP) is 0.424. The number of hydroxylamine groups is 1. The maximum absolute atomic E-state index is 12.4. The van der Waals surface area contributed by atoms with E-state index in [1.165, 1.54) is 29.2 Å². The molecule has 9 nitrogen and oxygen atoms in total. The number of nitrogens with zero attached hydrogens (tertiary/aromatic N) is 3. The first-order chi connectivity index (χ1) is 12.5. The first kappa shape index (κ1) is 20.4. The number of sulfone groups is 1. The van der Waals surface area contributed by atoms with Gasteiger partial charge in [-0.25, -0.2) is 13.9 Å². The average Bonchev–Trinajstić information content (AvgIpc) is 2.99. The van der Waals surface area contributed by atoms with Crippen LogP contribution in [0.5, 0.6) is 0 Å². The highest BCUT2D eigenvalue weighted by molar-refractivity contribution is 7.92. The SMILES string of the molecule is Cn1c(C#N)ccc1-c1ccn(CCC(C)(C(=O)NO)S(C)(=O)=O)c(=O)c1.